The zero-order valence-electron chi connectivity index (χ0n) is 32.2. The maximum absolute atomic E-state index is 6.32. The first-order chi connectivity index (χ1) is 29.2. The number of fused-ring (bicyclic) bond motifs is 6. The highest BCUT2D eigenvalue weighted by Crippen LogP contribution is 2.46. The van der Waals surface area contributed by atoms with Gasteiger partial charge in [0, 0.05) is 44.9 Å². The van der Waals surface area contributed by atoms with Gasteiger partial charge in [0.1, 0.15) is 11.2 Å². The Kier molecular flexibility index (Phi) is 8.49. The number of anilines is 6. The molecule has 0 saturated heterocycles. The fourth-order valence-electron chi connectivity index (χ4n) is 8.66. The molecule has 10 aromatic carbocycles. The molecular weight excluding hydrogens is 717 g/mol. The lowest BCUT2D eigenvalue weighted by atomic mass is 9.92. The van der Waals surface area contributed by atoms with E-state index in [-0.39, 0.29) is 0 Å². The number of benzene rings is 10. The topological polar surface area (TPSA) is 19.6 Å². The predicted octanol–water partition coefficient (Wildman–Crippen LogP) is 16.2. The van der Waals surface area contributed by atoms with Crippen LogP contribution in [-0.4, -0.2) is 0 Å². The van der Waals surface area contributed by atoms with E-state index in [0.717, 1.165) is 67.2 Å². The molecule has 278 valence electrons. The standard InChI is InChI=1S/C56H38N2O/c1-4-17-39(18-5-1)40-20-16-25-45(33-40)57(43-21-6-2-7-22-43)47-34-42(53-36-41-19-10-11-26-49(41)50-27-12-13-28-51(50)53)35-48(37-47)58(44-23-8-3-9-24-44)46-31-32-56-54(38-46)52-29-14-15-30-55(52)59-56/h1-38H. The Morgan fingerprint density at radius 3 is 1.47 bits per heavy atom. The fourth-order valence-corrected chi connectivity index (χ4v) is 8.66. The molecule has 59 heavy (non-hydrogen) atoms. The minimum Gasteiger partial charge on any atom is -0.456 e. The third kappa shape index (κ3) is 6.26. The van der Waals surface area contributed by atoms with Crippen molar-refractivity contribution in [2.24, 2.45) is 0 Å². The van der Waals surface area contributed by atoms with Crippen molar-refractivity contribution in [1.82, 2.24) is 0 Å². The molecule has 0 bridgehead atoms. The average molecular weight is 755 g/mol. The lowest BCUT2D eigenvalue weighted by molar-refractivity contribution is 0.669. The highest BCUT2D eigenvalue weighted by Gasteiger charge is 2.22. The molecule has 0 aliphatic heterocycles. The Hall–Kier alpha value is -7.88. The van der Waals surface area contributed by atoms with Crippen LogP contribution in [-0.2, 0) is 0 Å². The molecule has 1 aromatic heterocycles. The van der Waals surface area contributed by atoms with E-state index in [4.69, 9.17) is 4.42 Å². The smallest absolute Gasteiger partial charge is 0.135 e. The molecule has 11 aromatic rings. The summed E-state index contributed by atoms with van der Waals surface area (Å²) in [5, 5.41) is 7.09. The summed E-state index contributed by atoms with van der Waals surface area (Å²) < 4.78 is 6.32. The van der Waals surface area contributed by atoms with Crippen molar-refractivity contribution >= 4 is 77.6 Å². The minimum absolute atomic E-state index is 0.869. The first-order valence-electron chi connectivity index (χ1n) is 20.1. The zero-order valence-corrected chi connectivity index (χ0v) is 32.2. The molecule has 0 saturated carbocycles. The van der Waals surface area contributed by atoms with Crippen molar-refractivity contribution in [3.63, 3.8) is 0 Å². The first-order valence-corrected chi connectivity index (χ1v) is 20.1. The van der Waals surface area contributed by atoms with Gasteiger partial charge in [0.25, 0.3) is 0 Å². The quantitative estimate of drug-likeness (QED) is 0.144. The Morgan fingerprint density at radius 1 is 0.254 bits per heavy atom. The van der Waals surface area contributed by atoms with Crippen molar-refractivity contribution in [3.8, 4) is 22.3 Å². The molecule has 0 spiro atoms. The molecule has 3 nitrogen and oxygen atoms in total. The van der Waals surface area contributed by atoms with Crippen molar-refractivity contribution < 1.29 is 4.42 Å². The SMILES string of the molecule is c1ccc(-c2cccc(N(c3ccccc3)c3cc(-c4cc5ccccc5c5ccccc45)cc(N(c4ccccc4)c4ccc5oc6ccccc6c5c4)c3)c2)cc1. The van der Waals surface area contributed by atoms with Crippen LogP contribution in [0.1, 0.15) is 0 Å². The lowest BCUT2D eigenvalue weighted by Crippen LogP contribution is -2.13. The van der Waals surface area contributed by atoms with Crippen LogP contribution in [0.3, 0.4) is 0 Å². The van der Waals surface area contributed by atoms with Gasteiger partial charge in [0.15, 0.2) is 0 Å². The Morgan fingerprint density at radius 2 is 0.763 bits per heavy atom. The second-order valence-corrected chi connectivity index (χ2v) is 15.0. The van der Waals surface area contributed by atoms with Crippen LogP contribution in [0.25, 0.3) is 65.7 Å². The van der Waals surface area contributed by atoms with Gasteiger partial charge in [-0.2, -0.15) is 0 Å². The van der Waals surface area contributed by atoms with E-state index in [2.05, 4.69) is 228 Å². The van der Waals surface area contributed by atoms with E-state index in [1.165, 1.54) is 32.7 Å². The summed E-state index contributed by atoms with van der Waals surface area (Å²) >= 11 is 0. The van der Waals surface area contributed by atoms with Crippen LogP contribution < -0.4 is 9.80 Å². The van der Waals surface area contributed by atoms with Gasteiger partial charge in [0.2, 0.25) is 0 Å². The van der Waals surface area contributed by atoms with Crippen molar-refractivity contribution in [2.45, 2.75) is 0 Å². The van der Waals surface area contributed by atoms with E-state index < -0.39 is 0 Å². The first kappa shape index (κ1) is 34.4. The van der Waals surface area contributed by atoms with Gasteiger partial charge in [-0.3, -0.25) is 0 Å². The van der Waals surface area contributed by atoms with Gasteiger partial charge < -0.3 is 14.2 Å². The molecule has 0 fully saturated rings. The van der Waals surface area contributed by atoms with Gasteiger partial charge >= 0.3 is 0 Å². The maximum Gasteiger partial charge on any atom is 0.135 e. The number of hydrogen-bond acceptors (Lipinski definition) is 3. The Labute approximate surface area is 343 Å². The lowest BCUT2D eigenvalue weighted by Gasteiger charge is -2.30. The van der Waals surface area contributed by atoms with Crippen LogP contribution in [0.5, 0.6) is 0 Å². The number of para-hydroxylation sites is 3. The van der Waals surface area contributed by atoms with Crippen LogP contribution in [0, 0.1) is 0 Å². The molecule has 0 unspecified atom stereocenters. The van der Waals surface area contributed by atoms with Crippen molar-refractivity contribution in [2.75, 3.05) is 9.80 Å². The predicted molar refractivity (Wildman–Crippen MR) is 249 cm³/mol. The van der Waals surface area contributed by atoms with Gasteiger partial charge in [-0.05, 0) is 129 Å². The van der Waals surface area contributed by atoms with Gasteiger partial charge in [-0.1, -0.05) is 146 Å². The van der Waals surface area contributed by atoms with Crippen LogP contribution in [0.2, 0.25) is 0 Å². The normalized spacial score (nSPS) is 11.4. The second-order valence-electron chi connectivity index (χ2n) is 15.0. The average Bonchev–Trinajstić information content (AvgIpc) is 3.68. The summed E-state index contributed by atoms with van der Waals surface area (Å²) in [6.07, 6.45) is 0. The molecule has 0 aliphatic carbocycles. The van der Waals surface area contributed by atoms with E-state index in [0.29, 0.717) is 0 Å². The summed E-state index contributed by atoms with van der Waals surface area (Å²) in [5.74, 6) is 0. The van der Waals surface area contributed by atoms with E-state index in [1.54, 1.807) is 0 Å². The molecule has 0 aliphatic rings. The maximum atomic E-state index is 6.32. The molecular formula is C56H38N2O. The summed E-state index contributed by atoms with van der Waals surface area (Å²) in [7, 11) is 0. The molecule has 1 heterocycles. The number of furan rings is 1. The number of nitrogens with zero attached hydrogens (tertiary/aromatic N) is 2. The Balaban J connectivity index is 1.21. The van der Waals surface area contributed by atoms with Crippen LogP contribution >= 0.6 is 0 Å². The van der Waals surface area contributed by atoms with E-state index in [9.17, 15) is 0 Å². The third-order valence-electron chi connectivity index (χ3n) is 11.4. The minimum atomic E-state index is 0.869. The Bertz CT molecular complexity index is 3280. The summed E-state index contributed by atoms with van der Waals surface area (Å²) in [6, 6.07) is 82.6. The van der Waals surface area contributed by atoms with E-state index in [1.807, 2.05) is 12.1 Å². The monoisotopic (exact) mass is 754 g/mol. The summed E-state index contributed by atoms with van der Waals surface area (Å²) in [5.41, 5.74) is 12.7. The highest BCUT2D eigenvalue weighted by atomic mass is 16.3. The molecule has 0 atom stereocenters. The zero-order chi connectivity index (χ0) is 39.1. The van der Waals surface area contributed by atoms with Gasteiger partial charge in [-0.25, -0.2) is 0 Å². The largest absolute Gasteiger partial charge is 0.456 e. The molecule has 3 heteroatoms. The fraction of sp³-hybridized carbons (Fsp3) is 0. The molecule has 11 rings (SSSR count). The highest BCUT2D eigenvalue weighted by molar-refractivity contribution is 6.14. The summed E-state index contributed by atoms with van der Waals surface area (Å²) in [6.45, 7) is 0. The second kappa shape index (κ2) is 14.6. The third-order valence-corrected chi connectivity index (χ3v) is 11.4. The molecule has 0 amide bonds. The van der Waals surface area contributed by atoms with Gasteiger partial charge in [-0.15, -0.1) is 0 Å². The number of rotatable bonds is 8. The van der Waals surface area contributed by atoms with Crippen LogP contribution in [0.15, 0.2) is 235 Å². The molecule has 0 radical (unpaired) electrons. The molecule has 0 N–H and O–H groups in total. The van der Waals surface area contributed by atoms with Crippen molar-refractivity contribution in [1.29, 1.82) is 0 Å². The summed E-state index contributed by atoms with van der Waals surface area (Å²) in [4.78, 5) is 4.76. The van der Waals surface area contributed by atoms with Crippen LogP contribution in [0.4, 0.5) is 34.1 Å². The number of hydrogen-bond donors (Lipinski definition) is 0. The van der Waals surface area contributed by atoms with Crippen molar-refractivity contribution in [3.05, 3.63) is 231 Å². The van der Waals surface area contributed by atoms with Gasteiger partial charge in [0.05, 0.1) is 0 Å². The van der Waals surface area contributed by atoms with E-state index >= 15 is 0 Å².